The monoisotopic (exact) mass is 449 g/mol. The van der Waals surface area contributed by atoms with Gasteiger partial charge in [-0.25, -0.2) is 0 Å². The summed E-state index contributed by atoms with van der Waals surface area (Å²) in [7, 11) is 0. The van der Waals surface area contributed by atoms with Gasteiger partial charge < -0.3 is 19.5 Å². The van der Waals surface area contributed by atoms with E-state index in [0.717, 1.165) is 37.8 Å². The lowest BCUT2D eigenvalue weighted by Crippen LogP contribution is -2.50. The van der Waals surface area contributed by atoms with Gasteiger partial charge in [-0.05, 0) is 49.4 Å². The molecule has 7 heteroatoms. The van der Waals surface area contributed by atoms with Crippen LogP contribution >= 0.6 is 0 Å². The third-order valence-corrected chi connectivity index (χ3v) is 7.30. The quantitative estimate of drug-likeness (QED) is 0.759. The number of piperidine rings is 1. The first-order valence-corrected chi connectivity index (χ1v) is 12.1. The van der Waals surface area contributed by atoms with Crippen molar-refractivity contribution in [3.63, 3.8) is 0 Å². The van der Waals surface area contributed by atoms with E-state index in [9.17, 15) is 14.4 Å². The first kappa shape index (κ1) is 21.7. The Morgan fingerprint density at radius 3 is 2.55 bits per heavy atom. The fraction of sp³-hybridized carbons (Fsp3) is 0.500. The van der Waals surface area contributed by atoms with Gasteiger partial charge in [-0.3, -0.25) is 14.4 Å². The Kier molecular flexibility index (Phi) is 6.20. The number of para-hydroxylation sites is 1. The van der Waals surface area contributed by atoms with Crippen LogP contribution in [0.25, 0.3) is 0 Å². The van der Waals surface area contributed by atoms with Gasteiger partial charge in [0, 0.05) is 37.2 Å². The van der Waals surface area contributed by atoms with Gasteiger partial charge in [-0.15, -0.1) is 0 Å². The Labute approximate surface area is 193 Å². The molecule has 33 heavy (non-hydrogen) atoms. The third-order valence-electron chi connectivity index (χ3n) is 7.30. The smallest absolute Gasteiger partial charge is 0.274 e. The third kappa shape index (κ3) is 4.68. The van der Waals surface area contributed by atoms with E-state index < -0.39 is 0 Å². The van der Waals surface area contributed by atoms with E-state index in [-0.39, 0.29) is 41.7 Å². The van der Waals surface area contributed by atoms with Crippen molar-refractivity contribution in [1.82, 2.24) is 9.47 Å². The number of anilines is 1. The highest BCUT2D eigenvalue weighted by Gasteiger charge is 2.37. The zero-order chi connectivity index (χ0) is 22.8. The SMILES string of the molecule is O=C(Nc1ccc2n(c1=O)C[C@@H]1C[C@@H]2CN(C(=O)COc2ccccc2)C1)C1CCCCC1. The summed E-state index contributed by atoms with van der Waals surface area (Å²) in [4.78, 5) is 40.5. The fourth-order valence-electron chi connectivity index (χ4n) is 5.60. The fourth-order valence-corrected chi connectivity index (χ4v) is 5.60. The molecule has 2 amide bonds. The number of ether oxygens (including phenoxy) is 1. The van der Waals surface area contributed by atoms with Gasteiger partial charge in [0.25, 0.3) is 11.5 Å². The predicted molar refractivity (Wildman–Crippen MR) is 125 cm³/mol. The molecule has 2 aliphatic heterocycles. The Hall–Kier alpha value is -3.09. The Morgan fingerprint density at radius 2 is 1.76 bits per heavy atom. The number of nitrogens with one attached hydrogen (secondary N) is 1. The van der Waals surface area contributed by atoms with Crippen LogP contribution in [0.2, 0.25) is 0 Å². The van der Waals surface area contributed by atoms with E-state index in [1.165, 1.54) is 6.42 Å². The first-order chi connectivity index (χ1) is 16.1. The van der Waals surface area contributed by atoms with Crippen molar-refractivity contribution in [3.05, 3.63) is 58.5 Å². The van der Waals surface area contributed by atoms with Crippen LogP contribution in [0.1, 0.15) is 50.1 Å². The molecule has 2 bridgehead atoms. The predicted octanol–water partition coefficient (Wildman–Crippen LogP) is 3.39. The second-order valence-corrected chi connectivity index (χ2v) is 9.61. The molecule has 2 aromatic rings. The van der Waals surface area contributed by atoms with Crippen LogP contribution < -0.4 is 15.6 Å². The molecule has 174 valence electrons. The number of benzene rings is 1. The number of aromatic nitrogens is 1. The molecule has 1 saturated heterocycles. The van der Waals surface area contributed by atoms with Crippen molar-refractivity contribution in [2.45, 2.75) is 51.0 Å². The van der Waals surface area contributed by atoms with Crippen LogP contribution in [-0.4, -0.2) is 41.0 Å². The first-order valence-electron chi connectivity index (χ1n) is 12.1. The van der Waals surface area contributed by atoms with Gasteiger partial charge >= 0.3 is 0 Å². The van der Waals surface area contributed by atoms with Gasteiger partial charge in [-0.2, -0.15) is 0 Å². The van der Waals surface area contributed by atoms with Crippen LogP contribution in [0.15, 0.2) is 47.3 Å². The van der Waals surface area contributed by atoms with Crippen molar-refractivity contribution in [1.29, 1.82) is 0 Å². The van der Waals surface area contributed by atoms with Crippen molar-refractivity contribution in [2.24, 2.45) is 11.8 Å². The standard InChI is InChI=1S/C26H31N3O4/c30-24(17-33-21-9-5-2-6-10-21)28-14-18-13-20(16-28)23-12-11-22(26(32)29(23)15-18)27-25(31)19-7-3-1-4-8-19/h2,5-6,9-12,18-20H,1,3-4,7-8,13-17H2,(H,27,31)/t18-,20-/m1/s1. The lowest BCUT2D eigenvalue weighted by Gasteiger charge is -2.42. The Morgan fingerprint density at radius 1 is 0.970 bits per heavy atom. The summed E-state index contributed by atoms with van der Waals surface area (Å²) in [5, 5.41) is 2.90. The molecular weight excluding hydrogens is 418 g/mol. The number of pyridine rings is 1. The molecule has 2 fully saturated rings. The van der Waals surface area contributed by atoms with E-state index in [1.807, 2.05) is 45.9 Å². The lowest BCUT2D eigenvalue weighted by molar-refractivity contribution is -0.136. The molecule has 5 rings (SSSR count). The summed E-state index contributed by atoms with van der Waals surface area (Å²) in [6.45, 7) is 1.79. The minimum Gasteiger partial charge on any atom is -0.484 e. The van der Waals surface area contributed by atoms with Crippen LogP contribution in [-0.2, 0) is 16.1 Å². The molecule has 1 saturated carbocycles. The van der Waals surface area contributed by atoms with Crippen molar-refractivity contribution < 1.29 is 14.3 Å². The highest BCUT2D eigenvalue weighted by Crippen LogP contribution is 2.35. The molecule has 1 aliphatic carbocycles. The van der Waals surface area contributed by atoms with Gasteiger partial charge in [0.1, 0.15) is 11.4 Å². The highest BCUT2D eigenvalue weighted by atomic mass is 16.5. The number of rotatable bonds is 5. The highest BCUT2D eigenvalue weighted by molar-refractivity contribution is 5.92. The van der Waals surface area contributed by atoms with Gasteiger partial charge in [0.15, 0.2) is 6.61 Å². The Balaban J connectivity index is 1.26. The number of likely N-dealkylation sites (tertiary alicyclic amines) is 1. The Bertz CT molecular complexity index is 1070. The van der Waals surface area contributed by atoms with E-state index in [1.54, 1.807) is 6.07 Å². The summed E-state index contributed by atoms with van der Waals surface area (Å²) < 4.78 is 7.46. The molecule has 7 nitrogen and oxygen atoms in total. The van der Waals surface area contributed by atoms with Crippen LogP contribution in [0, 0.1) is 11.8 Å². The topological polar surface area (TPSA) is 80.6 Å². The molecule has 0 spiro atoms. The number of hydrogen-bond acceptors (Lipinski definition) is 4. The second-order valence-electron chi connectivity index (χ2n) is 9.61. The normalized spacial score (nSPS) is 22.4. The maximum atomic E-state index is 13.2. The van der Waals surface area contributed by atoms with Gasteiger partial charge in [0.2, 0.25) is 5.91 Å². The number of carbonyl (C=O) groups excluding carboxylic acids is 2. The lowest BCUT2D eigenvalue weighted by atomic mass is 9.83. The van der Waals surface area contributed by atoms with Crippen LogP contribution in [0.3, 0.4) is 0 Å². The molecule has 1 aromatic heterocycles. The minimum absolute atomic E-state index is 0.0104. The molecular formula is C26H31N3O4. The maximum absolute atomic E-state index is 13.2. The average Bonchev–Trinajstić information content (AvgIpc) is 2.85. The molecule has 1 aromatic carbocycles. The zero-order valence-electron chi connectivity index (χ0n) is 18.9. The molecule has 0 unspecified atom stereocenters. The zero-order valence-corrected chi connectivity index (χ0v) is 18.9. The van der Waals surface area contributed by atoms with Crippen LogP contribution in [0.4, 0.5) is 5.69 Å². The van der Waals surface area contributed by atoms with Crippen molar-refractivity contribution >= 4 is 17.5 Å². The van der Waals surface area contributed by atoms with Gasteiger partial charge in [0.05, 0.1) is 0 Å². The summed E-state index contributed by atoms with van der Waals surface area (Å²) in [6, 6.07) is 13.0. The number of hydrogen-bond donors (Lipinski definition) is 1. The number of amides is 2. The molecule has 1 N–H and O–H groups in total. The van der Waals surface area contributed by atoms with E-state index in [4.69, 9.17) is 4.74 Å². The molecule has 3 heterocycles. The van der Waals surface area contributed by atoms with Crippen molar-refractivity contribution in [2.75, 3.05) is 25.0 Å². The van der Waals surface area contributed by atoms with E-state index in [2.05, 4.69) is 5.32 Å². The maximum Gasteiger partial charge on any atom is 0.274 e. The summed E-state index contributed by atoms with van der Waals surface area (Å²) in [5.41, 5.74) is 1.20. The van der Waals surface area contributed by atoms with Crippen molar-refractivity contribution in [3.8, 4) is 5.75 Å². The van der Waals surface area contributed by atoms with Gasteiger partial charge in [-0.1, -0.05) is 37.5 Å². The average molecular weight is 450 g/mol. The summed E-state index contributed by atoms with van der Waals surface area (Å²) >= 11 is 0. The summed E-state index contributed by atoms with van der Waals surface area (Å²) in [6.07, 6.45) is 6.12. The van der Waals surface area contributed by atoms with Crippen LogP contribution in [0.5, 0.6) is 5.75 Å². The minimum atomic E-state index is -0.126. The second kappa shape index (κ2) is 9.41. The summed E-state index contributed by atoms with van der Waals surface area (Å²) in [5.74, 6) is 0.978. The number of fused-ring (bicyclic) bond motifs is 4. The molecule has 2 atom stereocenters. The van der Waals surface area contributed by atoms with E-state index >= 15 is 0 Å². The largest absolute Gasteiger partial charge is 0.484 e. The number of nitrogens with zero attached hydrogens (tertiary/aromatic N) is 2. The molecule has 3 aliphatic rings. The number of carbonyl (C=O) groups is 2. The van der Waals surface area contributed by atoms with E-state index in [0.29, 0.717) is 31.1 Å². The molecule has 0 radical (unpaired) electrons.